The maximum Gasteiger partial charge on any atom is 0.335 e. The van der Waals surface area contributed by atoms with Gasteiger partial charge in [-0.05, 0) is 117 Å². The first-order valence-electron chi connectivity index (χ1n) is 31.1. The molecule has 88 heavy (non-hydrogen) atoms. The van der Waals surface area contributed by atoms with E-state index in [1.165, 1.54) is 13.8 Å². The number of fused-ring (bicyclic) bond motifs is 7. The predicted molar refractivity (Wildman–Crippen MR) is 294 cm³/mol. The van der Waals surface area contributed by atoms with E-state index < -0.39 is 206 Å². The molecule has 0 aromatic carbocycles. The Morgan fingerprint density at radius 1 is 0.545 bits per heavy atom. The van der Waals surface area contributed by atoms with Crippen molar-refractivity contribution in [2.24, 2.45) is 50.2 Å². The number of carboxylic acid groups (broad SMARTS) is 1. The summed E-state index contributed by atoms with van der Waals surface area (Å²) in [7, 11) is 0. The van der Waals surface area contributed by atoms with E-state index in [1.807, 2.05) is 0 Å². The van der Waals surface area contributed by atoms with Crippen molar-refractivity contribution in [1.29, 1.82) is 0 Å². The average molecular weight is 1260 g/mol. The van der Waals surface area contributed by atoms with Crippen LogP contribution >= 0.6 is 0 Å². The first-order chi connectivity index (χ1) is 41.2. The third-order valence-electron chi connectivity index (χ3n) is 23.4. The van der Waals surface area contributed by atoms with Crippen molar-refractivity contribution >= 4 is 18.2 Å². The SMILES string of the molecule is C[C@@H]1O[C@@H](OC(=O)[C@@]23CCC(C)(C)C[C@H]2C2=CC[C@H]4[C@]5(C)CC[C@@H](O[C@@H]6O[C@@H](C(=O)O)[C@@H](O)[C@H](O[C@H]7O[C@@H](CO)[C@@H](O)[C@H](O)[C@H]7O)[C@H]6O)[C@](C)(C=O)[C@@H]5CC[C@@]4(C)[C@]2(C)CC3)[C@@H](O)[C@@H](O)[C@@H]1O[C@@H]1O[C@@H](C)[C@@H](O[C@H]2O[C@@H](CO)[C@H](O)[C@@H](O)[C@@H]2O)[C@@H](O)[C@H]1O. The van der Waals surface area contributed by atoms with Gasteiger partial charge in [0.25, 0.3) is 0 Å². The molecule has 5 aliphatic heterocycles. The van der Waals surface area contributed by atoms with Gasteiger partial charge in [-0.25, -0.2) is 4.79 Å². The summed E-state index contributed by atoms with van der Waals surface area (Å²) < 4.78 is 58.8. The molecule has 0 spiro atoms. The number of carbonyl (C=O) groups is 3. The van der Waals surface area contributed by atoms with E-state index in [4.69, 9.17) is 47.4 Å². The highest BCUT2D eigenvalue weighted by Crippen LogP contribution is 2.76. The fraction of sp³-hybridized carbons (Fsp3) is 0.917. The number of carboxylic acids is 1. The second-order valence-corrected chi connectivity index (χ2v) is 28.7. The lowest BCUT2D eigenvalue weighted by molar-refractivity contribution is -0.373. The van der Waals surface area contributed by atoms with Gasteiger partial charge in [-0.2, -0.15) is 0 Å². The van der Waals surface area contributed by atoms with Crippen molar-refractivity contribution in [2.75, 3.05) is 13.2 Å². The quantitative estimate of drug-likeness (QED) is 0.0359. The first kappa shape index (κ1) is 68.3. The second kappa shape index (κ2) is 25.0. The standard InChI is InChI=1S/C60H94O28/c1-23-45(85-51-38(70)34(66)32(64)27(20-61)81-51)36(68)40(72)49(79-23)84-44-24(2)80-50(41(73)37(44)69)88-54(78)60-17-15-55(3,4)19-26(60)25-9-10-30-56(5)13-12-31(57(6,22-63)29(56)11-14-59(30,8)58(25,7)16-18-60)83-53-43(75)46(42(74)47(87-53)48(76)77)86-52-39(71)35(67)33(65)28(21-62)82-52/h9,22-24,26-47,49-53,61-62,64-75H,10-21H2,1-8H3,(H,76,77)/t23-,24-,26-,27-,28-,29+,30-,31+,32-,33+,34+,35-,36-,37+,38-,39+,40+,41-,42-,43+,44+,45+,46-,47+,49-,50-,51+,52+,53+,56+,57+,58+,59+,60+/m0/s1. The number of esters is 1. The highest BCUT2D eigenvalue weighted by Gasteiger charge is 2.71. The molecule has 0 radical (unpaired) electrons. The van der Waals surface area contributed by atoms with Crippen LogP contribution in [0.15, 0.2) is 11.6 Å². The minimum atomic E-state index is -2.07. The molecule has 0 aromatic rings. The summed E-state index contributed by atoms with van der Waals surface area (Å²) in [5, 5.41) is 161. The zero-order valence-corrected chi connectivity index (χ0v) is 50.9. The maximum atomic E-state index is 15.2. The van der Waals surface area contributed by atoms with Crippen LogP contribution in [0, 0.1) is 50.2 Å². The fourth-order valence-corrected chi connectivity index (χ4v) is 17.8. The highest BCUT2D eigenvalue weighted by molar-refractivity contribution is 5.79. The van der Waals surface area contributed by atoms with Crippen LogP contribution in [-0.4, -0.2) is 268 Å². The summed E-state index contributed by atoms with van der Waals surface area (Å²) in [6.07, 6.45) is -34.8. The van der Waals surface area contributed by atoms with Crippen molar-refractivity contribution in [1.82, 2.24) is 0 Å². The smallest absolute Gasteiger partial charge is 0.335 e. The van der Waals surface area contributed by atoms with Crippen LogP contribution in [0.2, 0.25) is 0 Å². The summed E-state index contributed by atoms with van der Waals surface area (Å²) in [6.45, 7) is 14.4. The minimum Gasteiger partial charge on any atom is -0.479 e. The van der Waals surface area contributed by atoms with Crippen molar-refractivity contribution < 1.29 is 138 Å². The molecule has 10 aliphatic rings. The molecule has 5 saturated heterocycles. The summed E-state index contributed by atoms with van der Waals surface area (Å²) in [5.41, 5.74) is -2.66. The topological polar surface area (TPSA) is 447 Å². The summed E-state index contributed by atoms with van der Waals surface area (Å²) >= 11 is 0. The van der Waals surface area contributed by atoms with Gasteiger partial charge in [0.2, 0.25) is 6.29 Å². The lowest BCUT2D eigenvalue weighted by Crippen LogP contribution is -2.67. The number of carbonyl (C=O) groups excluding carboxylic acids is 2. The molecule has 5 aliphatic carbocycles. The predicted octanol–water partition coefficient (Wildman–Crippen LogP) is -2.88. The molecule has 0 amide bonds. The summed E-state index contributed by atoms with van der Waals surface area (Å²) in [4.78, 5) is 41.5. The average Bonchev–Trinajstić information content (AvgIpc) is 0.726. The molecule has 4 saturated carbocycles. The number of aliphatic hydroxyl groups excluding tert-OH is 14. The Bertz CT molecular complexity index is 2540. The molecule has 10 rings (SSSR count). The number of aldehydes is 1. The fourth-order valence-electron chi connectivity index (χ4n) is 17.8. The van der Waals surface area contributed by atoms with E-state index in [9.17, 15) is 86.2 Å². The zero-order valence-electron chi connectivity index (χ0n) is 50.9. The number of aliphatic carboxylic acids is 1. The van der Waals surface area contributed by atoms with Gasteiger partial charge in [0, 0.05) is 0 Å². The van der Waals surface area contributed by atoms with Gasteiger partial charge in [-0.3, -0.25) is 4.79 Å². The van der Waals surface area contributed by atoms with Gasteiger partial charge in [0.1, 0.15) is 110 Å². The molecule has 28 heteroatoms. The molecule has 28 nitrogen and oxygen atoms in total. The Hall–Kier alpha value is -2.57. The van der Waals surface area contributed by atoms with Crippen molar-refractivity contribution in [3.8, 4) is 0 Å². The van der Waals surface area contributed by atoms with Crippen molar-refractivity contribution in [3.05, 3.63) is 11.6 Å². The molecule has 15 N–H and O–H groups in total. The number of hydrogen-bond acceptors (Lipinski definition) is 27. The molecule has 5 heterocycles. The first-order valence-corrected chi connectivity index (χ1v) is 31.1. The summed E-state index contributed by atoms with van der Waals surface area (Å²) in [5.74, 6) is -2.83. The van der Waals surface area contributed by atoms with E-state index in [1.54, 1.807) is 6.92 Å². The van der Waals surface area contributed by atoms with Crippen LogP contribution in [0.4, 0.5) is 0 Å². The van der Waals surface area contributed by atoms with Gasteiger partial charge in [0.15, 0.2) is 31.3 Å². The Morgan fingerprint density at radius 2 is 1.05 bits per heavy atom. The van der Waals surface area contributed by atoms with Crippen molar-refractivity contribution in [3.63, 3.8) is 0 Å². The maximum absolute atomic E-state index is 15.2. The van der Waals surface area contributed by atoms with E-state index >= 15 is 4.79 Å². The molecule has 502 valence electrons. The molecule has 0 unspecified atom stereocenters. The lowest BCUT2D eigenvalue weighted by atomic mass is 9.33. The van der Waals surface area contributed by atoms with Crippen LogP contribution < -0.4 is 0 Å². The molecular weight excluding hydrogens is 1170 g/mol. The molecule has 0 aromatic heterocycles. The molecular formula is C60H94O28. The Morgan fingerprint density at radius 3 is 1.59 bits per heavy atom. The third kappa shape index (κ3) is 11.2. The minimum absolute atomic E-state index is 0.00459. The second-order valence-electron chi connectivity index (χ2n) is 28.7. The largest absolute Gasteiger partial charge is 0.479 e. The van der Waals surface area contributed by atoms with E-state index in [0.717, 1.165) is 11.9 Å². The third-order valence-corrected chi connectivity index (χ3v) is 23.4. The van der Waals surface area contributed by atoms with E-state index in [2.05, 4.69) is 40.7 Å². The van der Waals surface area contributed by atoms with Gasteiger partial charge < -0.3 is 129 Å². The van der Waals surface area contributed by atoms with Crippen LogP contribution in [0.3, 0.4) is 0 Å². The number of aliphatic hydroxyl groups is 14. The molecule has 9 fully saturated rings. The Balaban J connectivity index is 0.825. The van der Waals surface area contributed by atoms with Crippen molar-refractivity contribution in [2.45, 2.75) is 279 Å². The van der Waals surface area contributed by atoms with Crippen LogP contribution in [0.1, 0.15) is 120 Å². The molecule has 0 bridgehead atoms. The van der Waals surface area contributed by atoms with Gasteiger partial charge in [0.05, 0.1) is 42.4 Å². The van der Waals surface area contributed by atoms with Gasteiger partial charge in [-0.1, -0.05) is 53.2 Å². The number of rotatable bonds is 14. The van der Waals surface area contributed by atoms with Gasteiger partial charge >= 0.3 is 11.9 Å². The van der Waals surface area contributed by atoms with Crippen LogP contribution in [-0.2, 0) is 61.8 Å². The van der Waals surface area contributed by atoms with Gasteiger partial charge in [-0.15, -0.1) is 0 Å². The number of hydrogen-bond donors (Lipinski definition) is 15. The lowest BCUT2D eigenvalue weighted by Gasteiger charge is -2.71. The zero-order chi connectivity index (χ0) is 64.4. The van der Waals surface area contributed by atoms with Crippen LogP contribution in [0.25, 0.3) is 0 Å². The Kier molecular flexibility index (Phi) is 19.4. The molecule has 34 atom stereocenters. The summed E-state index contributed by atoms with van der Waals surface area (Å²) in [6, 6.07) is 0. The van der Waals surface area contributed by atoms with Crippen LogP contribution in [0.5, 0.6) is 0 Å². The van der Waals surface area contributed by atoms with E-state index in [-0.39, 0.29) is 35.0 Å². The number of allylic oxidation sites excluding steroid dienone is 2. The normalized spacial score (nSPS) is 54.5. The van der Waals surface area contributed by atoms with E-state index in [0.29, 0.717) is 57.8 Å². The monoisotopic (exact) mass is 1260 g/mol. The highest BCUT2D eigenvalue weighted by atomic mass is 16.8. The number of ether oxygens (including phenoxy) is 10. The Labute approximate surface area is 509 Å².